The zero-order valence-electron chi connectivity index (χ0n) is 16.5. The van der Waals surface area contributed by atoms with E-state index in [0.717, 1.165) is 17.7 Å². The molecule has 0 unspecified atom stereocenters. The topological polar surface area (TPSA) is 95.7 Å². The molecule has 152 valence electrons. The molecule has 2 aromatic carbocycles. The van der Waals surface area contributed by atoms with Crippen molar-refractivity contribution >= 4 is 11.7 Å². The maximum atomic E-state index is 12.6. The summed E-state index contributed by atoms with van der Waals surface area (Å²) in [5.74, 6) is 1.60. The number of hydrogen-bond acceptors (Lipinski definition) is 7. The van der Waals surface area contributed by atoms with Gasteiger partial charge in [-0.25, -0.2) is 4.63 Å². The molecule has 1 atom stereocenters. The first-order valence-corrected chi connectivity index (χ1v) is 9.28. The van der Waals surface area contributed by atoms with Crippen molar-refractivity contribution in [3.63, 3.8) is 0 Å². The highest BCUT2D eigenvalue weighted by atomic mass is 16.6. The first kappa shape index (κ1) is 20.2. The Morgan fingerprint density at radius 3 is 2.52 bits per heavy atom. The van der Waals surface area contributed by atoms with Crippen LogP contribution in [0.2, 0.25) is 0 Å². The molecule has 0 aliphatic carbocycles. The van der Waals surface area contributed by atoms with Gasteiger partial charge in [0, 0.05) is 5.56 Å². The highest BCUT2D eigenvalue weighted by Crippen LogP contribution is 2.28. The molecule has 1 heterocycles. The van der Waals surface area contributed by atoms with Gasteiger partial charge in [-0.3, -0.25) is 4.79 Å². The average molecular weight is 397 g/mol. The molecule has 0 aliphatic rings. The molecule has 1 aromatic heterocycles. The van der Waals surface area contributed by atoms with Gasteiger partial charge in [0.1, 0.15) is 5.75 Å². The van der Waals surface area contributed by atoms with Gasteiger partial charge in [0.25, 0.3) is 5.91 Å². The highest BCUT2D eigenvalue weighted by molar-refractivity contribution is 5.96. The summed E-state index contributed by atoms with van der Waals surface area (Å²) in [6, 6.07) is 14.4. The Labute approximate surface area is 168 Å². The van der Waals surface area contributed by atoms with Crippen molar-refractivity contribution in [1.82, 2.24) is 10.3 Å². The van der Waals surface area contributed by atoms with Crippen LogP contribution in [0, 0.1) is 0 Å². The van der Waals surface area contributed by atoms with Crippen molar-refractivity contribution in [2.75, 3.05) is 19.0 Å². The number of methoxy groups -OCH3 is 1. The van der Waals surface area contributed by atoms with Crippen molar-refractivity contribution in [2.45, 2.75) is 26.4 Å². The van der Waals surface area contributed by atoms with Crippen LogP contribution in [0.1, 0.15) is 20.3 Å². The van der Waals surface area contributed by atoms with Crippen LogP contribution in [0.15, 0.2) is 53.2 Å². The lowest BCUT2D eigenvalue weighted by Crippen LogP contribution is -2.30. The summed E-state index contributed by atoms with van der Waals surface area (Å²) in [6.45, 7) is 4.33. The third kappa shape index (κ3) is 5.04. The van der Waals surface area contributed by atoms with Crippen LogP contribution in [0.5, 0.6) is 17.2 Å². The Kier molecular flexibility index (Phi) is 6.67. The van der Waals surface area contributed by atoms with Gasteiger partial charge < -0.3 is 19.5 Å². The SMILES string of the molecule is CCCOc1ccc(-c2nonc2NC(=O)[C@H](C)Oc2ccccc2OC)cc1. The Balaban J connectivity index is 1.68. The lowest BCUT2D eigenvalue weighted by molar-refractivity contribution is -0.122. The summed E-state index contributed by atoms with van der Waals surface area (Å²) in [6.07, 6.45) is 0.140. The van der Waals surface area contributed by atoms with Crippen molar-refractivity contribution in [3.8, 4) is 28.5 Å². The van der Waals surface area contributed by atoms with Crippen LogP contribution in [-0.2, 0) is 4.79 Å². The van der Waals surface area contributed by atoms with E-state index in [2.05, 4.69) is 15.6 Å². The minimum Gasteiger partial charge on any atom is -0.494 e. The first-order chi connectivity index (χ1) is 14.1. The third-order valence-electron chi connectivity index (χ3n) is 4.07. The Bertz CT molecular complexity index is 939. The summed E-state index contributed by atoms with van der Waals surface area (Å²) >= 11 is 0. The molecular weight excluding hydrogens is 374 g/mol. The normalized spacial score (nSPS) is 11.6. The number of para-hydroxylation sites is 2. The number of aromatic nitrogens is 2. The number of nitrogens with one attached hydrogen (secondary N) is 1. The van der Waals surface area contributed by atoms with E-state index in [1.165, 1.54) is 0 Å². The van der Waals surface area contributed by atoms with Crippen LogP contribution in [-0.4, -0.2) is 36.0 Å². The number of amides is 1. The number of rotatable bonds is 9. The zero-order valence-corrected chi connectivity index (χ0v) is 16.5. The summed E-state index contributed by atoms with van der Waals surface area (Å²) in [5, 5.41) is 10.4. The van der Waals surface area contributed by atoms with Crippen LogP contribution in [0.3, 0.4) is 0 Å². The Hall–Kier alpha value is -3.55. The van der Waals surface area contributed by atoms with Crippen LogP contribution in [0.25, 0.3) is 11.3 Å². The van der Waals surface area contributed by atoms with Crippen LogP contribution in [0.4, 0.5) is 5.82 Å². The molecule has 0 spiro atoms. The largest absolute Gasteiger partial charge is 0.494 e. The van der Waals surface area contributed by atoms with Gasteiger partial charge in [-0.15, -0.1) is 0 Å². The van der Waals surface area contributed by atoms with E-state index < -0.39 is 12.0 Å². The molecule has 0 bridgehead atoms. The molecule has 0 saturated heterocycles. The average Bonchev–Trinajstić information content (AvgIpc) is 3.21. The Morgan fingerprint density at radius 1 is 1.10 bits per heavy atom. The van der Waals surface area contributed by atoms with E-state index in [4.69, 9.17) is 18.8 Å². The van der Waals surface area contributed by atoms with Gasteiger partial charge in [0.15, 0.2) is 23.3 Å². The molecule has 0 saturated carbocycles. The lowest BCUT2D eigenvalue weighted by atomic mass is 10.1. The summed E-state index contributed by atoms with van der Waals surface area (Å²) in [5.41, 5.74) is 1.16. The van der Waals surface area contributed by atoms with Crippen LogP contribution >= 0.6 is 0 Å². The van der Waals surface area contributed by atoms with Gasteiger partial charge in [-0.2, -0.15) is 0 Å². The van der Waals surface area contributed by atoms with E-state index >= 15 is 0 Å². The molecular formula is C21H23N3O5. The van der Waals surface area contributed by atoms with E-state index in [-0.39, 0.29) is 5.82 Å². The van der Waals surface area contributed by atoms with Crippen molar-refractivity contribution in [2.24, 2.45) is 0 Å². The van der Waals surface area contributed by atoms with E-state index in [0.29, 0.717) is 23.8 Å². The van der Waals surface area contributed by atoms with Crippen LogP contribution < -0.4 is 19.5 Å². The number of nitrogens with zero attached hydrogens (tertiary/aromatic N) is 2. The van der Waals surface area contributed by atoms with Crippen molar-refractivity contribution in [3.05, 3.63) is 48.5 Å². The third-order valence-corrected chi connectivity index (χ3v) is 4.07. The highest BCUT2D eigenvalue weighted by Gasteiger charge is 2.21. The molecule has 0 fully saturated rings. The molecule has 29 heavy (non-hydrogen) atoms. The lowest BCUT2D eigenvalue weighted by Gasteiger charge is -2.16. The summed E-state index contributed by atoms with van der Waals surface area (Å²) < 4.78 is 21.3. The fourth-order valence-electron chi connectivity index (χ4n) is 2.57. The van der Waals surface area contributed by atoms with Crippen molar-refractivity contribution in [1.29, 1.82) is 0 Å². The number of hydrogen-bond donors (Lipinski definition) is 1. The minimum atomic E-state index is -0.791. The second-order valence-corrected chi connectivity index (χ2v) is 6.23. The molecule has 3 rings (SSSR count). The number of benzene rings is 2. The van der Waals surface area contributed by atoms with Gasteiger partial charge >= 0.3 is 0 Å². The smallest absolute Gasteiger partial charge is 0.266 e. The second kappa shape index (κ2) is 9.59. The molecule has 1 N–H and O–H groups in total. The monoisotopic (exact) mass is 397 g/mol. The zero-order chi connectivity index (χ0) is 20.6. The van der Waals surface area contributed by atoms with Crippen molar-refractivity contribution < 1.29 is 23.6 Å². The fraction of sp³-hybridized carbons (Fsp3) is 0.286. The molecule has 3 aromatic rings. The maximum Gasteiger partial charge on any atom is 0.266 e. The van der Waals surface area contributed by atoms with Gasteiger partial charge in [-0.1, -0.05) is 19.1 Å². The second-order valence-electron chi connectivity index (χ2n) is 6.23. The molecule has 0 radical (unpaired) electrons. The predicted octanol–water partition coefficient (Wildman–Crippen LogP) is 3.94. The summed E-state index contributed by atoms with van der Waals surface area (Å²) in [7, 11) is 1.54. The molecule has 1 amide bonds. The van der Waals surface area contributed by atoms with Gasteiger partial charge in [0.2, 0.25) is 5.82 Å². The standard InChI is InChI=1S/C21H23N3O5/c1-4-13-27-16-11-9-15(10-12-16)19-20(24-29-23-19)22-21(25)14(2)28-18-8-6-5-7-17(18)26-3/h5-12,14H,4,13H2,1-3H3,(H,22,24,25)/t14-/m0/s1. The molecule has 0 aliphatic heterocycles. The fourth-order valence-corrected chi connectivity index (χ4v) is 2.57. The Morgan fingerprint density at radius 2 is 1.83 bits per heavy atom. The van der Waals surface area contributed by atoms with E-state index in [1.807, 2.05) is 37.3 Å². The summed E-state index contributed by atoms with van der Waals surface area (Å²) in [4.78, 5) is 12.6. The quantitative estimate of drug-likeness (QED) is 0.584. The number of anilines is 1. The number of carbonyl (C=O) groups excluding carboxylic acids is 1. The number of ether oxygens (including phenoxy) is 3. The van der Waals surface area contributed by atoms with E-state index in [1.54, 1.807) is 32.2 Å². The molecule has 8 heteroatoms. The minimum absolute atomic E-state index is 0.215. The first-order valence-electron chi connectivity index (χ1n) is 9.28. The van der Waals surface area contributed by atoms with E-state index in [9.17, 15) is 4.79 Å². The maximum absolute atomic E-state index is 12.6. The predicted molar refractivity (Wildman–Crippen MR) is 107 cm³/mol. The number of carbonyl (C=O) groups is 1. The molecule has 8 nitrogen and oxygen atoms in total. The van der Waals surface area contributed by atoms with Gasteiger partial charge in [0.05, 0.1) is 13.7 Å². The van der Waals surface area contributed by atoms with Gasteiger partial charge in [-0.05, 0) is 60.1 Å².